The van der Waals surface area contributed by atoms with Gasteiger partial charge in [-0.2, -0.15) is 5.26 Å². The fraction of sp³-hybridized carbons (Fsp3) is 0.182. The van der Waals surface area contributed by atoms with Crippen LogP contribution in [0.3, 0.4) is 0 Å². The highest BCUT2D eigenvalue weighted by Crippen LogP contribution is 2.24. The Morgan fingerprint density at radius 3 is 2.62 bits per heavy atom. The lowest BCUT2D eigenvalue weighted by Gasteiger charge is -2.29. The van der Waals surface area contributed by atoms with E-state index >= 15 is 0 Å². The van der Waals surface area contributed by atoms with Crippen LogP contribution >= 0.6 is 12.2 Å². The van der Waals surface area contributed by atoms with E-state index in [0.29, 0.717) is 0 Å². The molecule has 5 heteroatoms. The second-order valence-electron chi connectivity index (χ2n) is 3.46. The maximum Gasteiger partial charge on any atom is 0.245 e. The second-order valence-corrected chi connectivity index (χ2v) is 3.87. The van der Waals surface area contributed by atoms with Gasteiger partial charge in [0.05, 0.1) is 12.1 Å². The average Bonchev–Trinajstić information content (AvgIpc) is 2.29. The second kappa shape index (κ2) is 4.29. The van der Waals surface area contributed by atoms with Crippen molar-refractivity contribution in [1.29, 1.82) is 5.26 Å². The van der Waals surface area contributed by atoms with Crippen molar-refractivity contribution in [2.75, 3.05) is 0 Å². The van der Waals surface area contributed by atoms with Gasteiger partial charge in [-0.05, 0) is 17.8 Å². The fourth-order valence-electron chi connectivity index (χ4n) is 1.67. The van der Waals surface area contributed by atoms with E-state index in [9.17, 15) is 4.79 Å². The Kier molecular flexibility index (Phi) is 2.84. The zero-order valence-electron chi connectivity index (χ0n) is 8.31. The third-order valence-corrected chi connectivity index (χ3v) is 2.66. The molecule has 1 aliphatic rings. The molecule has 0 saturated carbocycles. The lowest BCUT2D eigenvalue weighted by atomic mass is 9.92. The van der Waals surface area contributed by atoms with Gasteiger partial charge in [0.1, 0.15) is 5.92 Å². The van der Waals surface area contributed by atoms with Crippen molar-refractivity contribution in [2.45, 2.75) is 6.04 Å². The molecular weight excluding hydrogens is 222 g/mol. The maximum absolute atomic E-state index is 11.6. The molecule has 0 bridgehead atoms. The van der Waals surface area contributed by atoms with Crippen LogP contribution in [-0.4, -0.2) is 11.0 Å². The first kappa shape index (κ1) is 10.6. The smallest absolute Gasteiger partial charge is 0.245 e. The van der Waals surface area contributed by atoms with Gasteiger partial charge in [-0.3, -0.25) is 4.79 Å². The third-order valence-electron chi connectivity index (χ3n) is 2.44. The van der Waals surface area contributed by atoms with Crippen molar-refractivity contribution >= 4 is 23.2 Å². The summed E-state index contributed by atoms with van der Waals surface area (Å²) in [4.78, 5) is 11.6. The fourth-order valence-corrected chi connectivity index (χ4v) is 1.90. The molecule has 4 nitrogen and oxygen atoms in total. The Morgan fingerprint density at radius 1 is 1.31 bits per heavy atom. The average molecular weight is 231 g/mol. The van der Waals surface area contributed by atoms with Gasteiger partial charge < -0.3 is 10.6 Å². The molecule has 0 aliphatic carbocycles. The molecule has 0 unspecified atom stereocenters. The van der Waals surface area contributed by atoms with E-state index < -0.39 is 5.92 Å². The Balaban J connectivity index is 2.35. The summed E-state index contributed by atoms with van der Waals surface area (Å²) in [5, 5.41) is 14.6. The number of nitrogens with one attached hydrogen (secondary N) is 2. The molecule has 2 atom stereocenters. The summed E-state index contributed by atoms with van der Waals surface area (Å²) in [6, 6.07) is 11.0. The van der Waals surface area contributed by atoms with Gasteiger partial charge in [0.15, 0.2) is 5.11 Å². The lowest BCUT2D eigenvalue weighted by molar-refractivity contribution is -0.123. The monoisotopic (exact) mass is 231 g/mol. The SMILES string of the molecule is N#C[C@H]1C(=O)NC(=S)N[C@H]1c1ccccc1. The van der Waals surface area contributed by atoms with Crippen LogP contribution in [0.5, 0.6) is 0 Å². The molecule has 2 rings (SSSR count). The predicted octanol–water partition coefficient (Wildman–Crippen LogP) is 0.872. The van der Waals surface area contributed by atoms with Crippen molar-refractivity contribution in [3.05, 3.63) is 35.9 Å². The maximum atomic E-state index is 11.6. The van der Waals surface area contributed by atoms with Crippen molar-refractivity contribution in [3.8, 4) is 6.07 Å². The minimum atomic E-state index is -0.755. The van der Waals surface area contributed by atoms with E-state index in [1.165, 1.54) is 0 Å². The number of nitriles is 1. The van der Waals surface area contributed by atoms with Gasteiger partial charge in [0.25, 0.3) is 0 Å². The van der Waals surface area contributed by atoms with E-state index in [2.05, 4.69) is 10.6 Å². The number of carbonyl (C=O) groups is 1. The summed E-state index contributed by atoms with van der Waals surface area (Å²) in [5.74, 6) is -1.10. The quantitative estimate of drug-likeness (QED) is 0.704. The van der Waals surface area contributed by atoms with Crippen LogP contribution < -0.4 is 10.6 Å². The summed E-state index contributed by atoms with van der Waals surface area (Å²) in [6.45, 7) is 0. The van der Waals surface area contributed by atoms with E-state index in [4.69, 9.17) is 17.5 Å². The standard InChI is InChI=1S/C11H9N3OS/c12-6-8-9(7-4-2-1-3-5-7)13-11(16)14-10(8)15/h1-5,8-9H,(H2,13,14,15,16)/t8-,9+/m1/s1. The topological polar surface area (TPSA) is 64.9 Å². The Morgan fingerprint density at radius 2 is 2.00 bits per heavy atom. The number of amides is 1. The molecule has 1 aromatic rings. The zero-order valence-corrected chi connectivity index (χ0v) is 9.12. The first-order valence-electron chi connectivity index (χ1n) is 4.78. The highest BCUT2D eigenvalue weighted by molar-refractivity contribution is 7.80. The Labute approximate surface area is 98.3 Å². The predicted molar refractivity (Wildman–Crippen MR) is 62.2 cm³/mol. The third kappa shape index (κ3) is 1.88. The van der Waals surface area contributed by atoms with Gasteiger partial charge in [0, 0.05) is 0 Å². The zero-order chi connectivity index (χ0) is 11.5. The number of carbonyl (C=O) groups excluding carboxylic acids is 1. The number of benzene rings is 1. The molecule has 1 aliphatic heterocycles. The minimum Gasteiger partial charge on any atom is -0.354 e. The molecule has 0 spiro atoms. The lowest BCUT2D eigenvalue weighted by Crippen LogP contribution is -2.53. The number of nitrogens with zero attached hydrogens (tertiary/aromatic N) is 1. The summed E-state index contributed by atoms with van der Waals surface area (Å²) >= 11 is 4.91. The summed E-state index contributed by atoms with van der Waals surface area (Å²) in [6.07, 6.45) is 0. The van der Waals surface area contributed by atoms with E-state index in [1.807, 2.05) is 36.4 Å². The molecule has 1 heterocycles. The van der Waals surface area contributed by atoms with E-state index in [0.717, 1.165) is 5.56 Å². The van der Waals surface area contributed by atoms with Crippen LogP contribution in [0.2, 0.25) is 0 Å². The Bertz CT molecular complexity index is 466. The number of hydrogen-bond acceptors (Lipinski definition) is 3. The van der Waals surface area contributed by atoms with Gasteiger partial charge in [0.2, 0.25) is 5.91 Å². The highest BCUT2D eigenvalue weighted by Gasteiger charge is 2.34. The van der Waals surface area contributed by atoms with E-state index in [1.54, 1.807) is 0 Å². The summed E-state index contributed by atoms with van der Waals surface area (Å²) in [5.41, 5.74) is 0.881. The molecule has 1 saturated heterocycles. The summed E-state index contributed by atoms with van der Waals surface area (Å²) < 4.78 is 0. The van der Waals surface area contributed by atoms with Gasteiger partial charge in [-0.15, -0.1) is 0 Å². The van der Waals surface area contributed by atoms with Gasteiger partial charge in [-0.25, -0.2) is 0 Å². The summed E-state index contributed by atoms with van der Waals surface area (Å²) in [7, 11) is 0. The molecular formula is C11H9N3OS. The van der Waals surface area contributed by atoms with Crippen molar-refractivity contribution < 1.29 is 4.79 Å². The minimum absolute atomic E-state index is 0.269. The number of thiocarbonyl (C=S) groups is 1. The molecule has 80 valence electrons. The van der Waals surface area contributed by atoms with Crippen LogP contribution in [-0.2, 0) is 4.79 Å². The molecule has 1 aromatic carbocycles. The van der Waals surface area contributed by atoms with Crippen LogP contribution in [0, 0.1) is 17.2 Å². The van der Waals surface area contributed by atoms with Crippen molar-refractivity contribution in [1.82, 2.24) is 10.6 Å². The first-order valence-corrected chi connectivity index (χ1v) is 5.19. The Hall–Kier alpha value is -1.93. The molecule has 1 fully saturated rings. The van der Waals surface area contributed by atoms with Gasteiger partial charge >= 0.3 is 0 Å². The molecule has 0 aromatic heterocycles. The van der Waals surface area contributed by atoms with Crippen LogP contribution in [0.4, 0.5) is 0 Å². The highest BCUT2D eigenvalue weighted by atomic mass is 32.1. The van der Waals surface area contributed by atoms with Crippen LogP contribution in [0.1, 0.15) is 11.6 Å². The molecule has 0 radical (unpaired) electrons. The molecule has 16 heavy (non-hydrogen) atoms. The van der Waals surface area contributed by atoms with Gasteiger partial charge in [-0.1, -0.05) is 30.3 Å². The van der Waals surface area contributed by atoms with Crippen LogP contribution in [0.15, 0.2) is 30.3 Å². The largest absolute Gasteiger partial charge is 0.354 e. The number of rotatable bonds is 1. The first-order chi connectivity index (χ1) is 7.72. The van der Waals surface area contributed by atoms with E-state index in [-0.39, 0.29) is 17.1 Å². The molecule has 1 amide bonds. The normalized spacial score (nSPS) is 24.2. The molecule has 2 N–H and O–H groups in total. The van der Waals surface area contributed by atoms with Crippen LogP contribution in [0.25, 0.3) is 0 Å². The number of hydrogen-bond donors (Lipinski definition) is 2. The van der Waals surface area contributed by atoms with Crippen molar-refractivity contribution in [2.24, 2.45) is 5.92 Å². The van der Waals surface area contributed by atoms with Crippen molar-refractivity contribution in [3.63, 3.8) is 0 Å².